The topological polar surface area (TPSA) is 33.1 Å². The summed E-state index contributed by atoms with van der Waals surface area (Å²) in [4.78, 5) is 7.62. The van der Waals surface area contributed by atoms with E-state index in [1.807, 2.05) is 0 Å². The van der Waals surface area contributed by atoms with Crippen molar-refractivity contribution in [1.29, 1.82) is 0 Å². The van der Waals surface area contributed by atoms with Gasteiger partial charge >= 0.3 is 0 Å². The van der Waals surface area contributed by atoms with E-state index < -0.39 is 0 Å². The molecule has 1 aromatic heterocycles. The minimum Gasteiger partial charge on any atom is -0.330 e. The Kier molecular flexibility index (Phi) is 3.31. The van der Waals surface area contributed by atoms with E-state index in [4.69, 9.17) is 4.98 Å². The van der Waals surface area contributed by atoms with Crippen LogP contribution in [0.15, 0.2) is 0 Å². The molecule has 1 N–H and O–H groups in total. The molecule has 4 heteroatoms. The maximum absolute atomic E-state index is 4.96. The Labute approximate surface area is 121 Å². The molecule has 3 aliphatic rings. The number of hydrogen-bond acceptors (Lipinski definition) is 3. The van der Waals surface area contributed by atoms with Gasteiger partial charge in [0.25, 0.3) is 0 Å². The zero-order valence-electron chi connectivity index (χ0n) is 12.6. The Balaban J connectivity index is 1.54. The van der Waals surface area contributed by atoms with Crippen molar-refractivity contribution in [3.63, 3.8) is 0 Å². The van der Waals surface area contributed by atoms with Crippen LogP contribution in [-0.4, -0.2) is 40.1 Å². The monoisotopic (exact) mass is 274 g/mol. The van der Waals surface area contributed by atoms with Gasteiger partial charge in [0, 0.05) is 50.3 Å². The SMILES string of the molecule is CCN(CCn1c(C2CC2)nc2c1CCNC2)C1CC1. The zero-order chi connectivity index (χ0) is 13.5. The fourth-order valence-electron chi connectivity index (χ4n) is 3.56. The summed E-state index contributed by atoms with van der Waals surface area (Å²) in [6.45, 7) is 7.94. The standard InChI is InChI=1S/C16H26N4/c1-2-19(13-5-6-13)9-10-20-15-7-8-17-11-14(15)18-16(20)12-3-4-12/h12-13,17H,2-11H2,1H3. The van der Waals surface area contributed by atoms with Crippen molar-refractivity contribution in [2.24, 2.45) is 0 Å². The van der Waals surface area contributed by atoms with Crippen LogP contribution in [0.4, 0.5) is 0 Å². The van der Waals surface area contributed by atoms with E-state index in [0.29, 0.717) is 0 Å². The summed E-state index contributed by atoms with van der Waals surface area (Å²) in [5.74, 6) is 2.15. The molecule has 0 atom stereocenters. The number of likely N-dealkylation sites (N-methyl/N-ethyl adjacent to an activating group) is 1. The highest BCUT2D eigenvalue weighted by atomic mass is 15.2. The molecule has 0 spiro atoms. The van der Waals surface area contributed by atoms with Crippen LogP contribution >= 0.6 is 0 Å². The Morgan fingerprint density at radius 2 is 2.15 bits per heavy atom. The lowest BCUT2D eigenvalue weighted by molar-refractivity contribution is 0.263. The molecule has 0 amide bonds. The molecule has 110 valence electrons. The van der Waals surface area contributed by atoms with Gasteiger partial charge in [-0.15, -0.1) is 0 Å². The second-order valence-corrected chi connectivity index (χ2v) is 6.58. The molecular weight excluding hydrogens is 248 g/mol. The van der Waals surface area contributed by atoms with E-state index in [1.54, 1.807) is 0 Å². The van der Waals surface area contributed by atoms with E-state index in [1.165, 1.54) is 56.0 Å². The first-order chi connectivity index (χ1) is 9.86. The lowest BCUT2D eigenvalue weighted by Gasteiger charge is -2.22. The fourth-order valence-corrected chi connectivity index (χ4v) is 3.56. The van der Waals surface area contributed by atoms with Gasteiger partial charge < -0.3 is 9.88 Å². The van der Waals surface area contributed by atoms with Gasteiger partial charge in [0.05, 0.1) is 5.69 Å². The molecule has 1 aromatic rings. The quantitative estimate of drug-likeness (QED) is 0.860. The first-order valence-electron chi connectivity index (χ1n) is 8.39. The zero-order valence-corrected chi connectivity index (χ0v) is 12.6. The molecule has 2 aliphatic carbocycles. The van der Waals surface area contributed by atoms with Crippen LogP contribution in [0.3, 0.4) is 0 Å². The van der Waals surface area contributed by atoms with E-state index in [2.05, 4.69) is 21.7 Å². The summed E-state index contributed by atoms with van der Waals surface area (Å²) in [7, 11) is 0. The molecule has 0 bridgehead atoms. The van der Waals surface area contributed by atoms with Crippen molar-refractivity contribution < 1.29 is 0 Å². The first kappa shape index (κ1) is 12.8. The predicted molar refractivity (Wildman–Crippen MR) is 79.9 cm³/mol. The minimum absolute atomic E-state index is 0.761. The molecule has 4 rings (SSSR count). The third-order valence-corrected chi connectivity index (χ3v) is 5.04. The van der Waals surface area contributed by atoms with Gasteiger partial charge in [-0.25, -0.2) is 4.98 Å². The number of hydrogen-bond donors (Lipinski definition) is 1. The Hall–Kier alpha value is -0.870. The molecule has 0 radical (unpaired) electrons. The third kappa shape index (κ3) is 2.40. The second-order valence-electron chi connectivity index (χ2n) is 6.58. The van der Waals surface area contributed by atoms with Gasteiger partial charge in [-0.2, -0.15) is 0 Å². The van der Waals surface area contributed by atoms with Crippen LogP contribution in [-0.2, 0) is 19.5 Å². The van der Waals surface area contributed by atoms with Crippen molar-refractivity contribution in [2.45, 2.75) is 64.1 Å². The van der Waals surface area contributed by atoms with Crippen molar-refractivity contribution in [3.8, 4) is 0 Å². The van der Waals surface area contributed by atoms with Crippen molar-refractivity contribution in [2.75, 3.05) is 19.6 Å². The number of nitrogens with zero attached hydrogens (tertiary/aromatic N) is 3. The highest BCUT2D eigenvalue weighted by Crippen LogP contribution is 2.40. The van der Waals surface area contributed by atoms with Gasteiger partial charge in [-0.1, -0.05) is 6.92 Å². The number of rotatable bonds is 6. The smallest absolute Gasteiger partial charge is 0.112 e. The van der Waals surface area contributed by atoms with Crippen molar-refractivity contribution >= 4 is 0 Å². The average molecular weight is 274 g/mol. The molecule has 4 nitrogen and oxygen atoms in total. The normalized spacial score (nSPS) is 22.3. The van der Waals surface area contributed by atoms with Crippen LogP contribution < -0.4 is 5.32 Å². The van der Waals surface area contributed by atoms with E-state index in [-0.39, 0.29) is 0 Å². The van der Waals surface area contributed by atoms with E-state index >= 15 is 0 Å². The highest BCUT2D eigenvalue weighted by molar-refractivity contribution is 5.24. The first-order valence-corrected chi connectivity index (χ1v) is 8.39. The van der Waals surface area contributed by atoms with Crippen LogP contribution in [0.1, 0.15) is 55.7 Å². The molecule has 2 fully saturated rings. The summed E-state index contributed by atoms with van der Waals surface area (Å²) in [5.41, 5.74) is 2.85. The van der Waals surface area contributed by atoms with Crippen LogP contribution in [0.25, 0.3) is 0 Å². The summed E-state index contributed by atoms with van der Waals surface area (Å²) in [6.07, 6.45) is 6.68. The van der Waals surface area contributed by atoms with Gasteiger partial charge in [-0.05, 0) is 32.2 Å². The van der Waals surface area contributed by atoms with Crippen molar-refractivity contribution in [1.82, 2.24) is 19.8 Å². The van der Waals surface area contributed by atoms with Crippen LogP contribution in [0.2, 0.25) is 0 Å². The second kappa shape index (κ2) is 5.15. The number of imidazole rings is 1. The van der Waals surface area contributed by atoms with Gasteiger partial charge in [0.1, 0.15) is 5.82 Å². The molecule has 20 heavy (non-hydrogen) atoms. The van der Waals surface area contributed by atoms with Crippen LogP contribution in [0, 0.1) is 0 Å². The summed E-state index contributed by atoms with van der Waals surface area (Å²) >= 11 is 0. The van der Waals surface area contributed by atoms with E-state index in [0.717, 1.165) is 38.0 Å². The highest BCUT2D eigenvalue weighted by Gasteiger charge is 2.32. The van der Waals surface area contributed by atoms with Crippen molar-refractivity contribution in [3.05, 3.63) is 17.2 Å². The predicted octanol–water partition coefficient (Wildman–Crippen LogP) is 1.89. The molecule has 2 saturated carbocycles. The van der Waals surface area contributed by atoms with Crippen LogP contribution in [0.5, 0.6) is 0 Å². The molecular formula is C16H26N4. The summed E-state index contributed by atoms with van der Waals surface area (Å²) in [5, 5.41) is 3.46. The molecule has 0 aromatic carbocycles. The van der Waals surface area contributed by atoms with Gasteiger partial charge in [0.15, 0.2) is 0 Å². The molecule has 2 heterocycles. The van der Waals surface area contributed by atoms with Gasteiger partial charge in [-0.3, -0.25) is 4.90 Å². The Bertz CT molecular complexity index is 485. The Morgan fingerprint density at radius 1 is 1.30 bits per heavy atom. The molecule has 1 aliphatic heterocycles. The minimum atomic E-state index is 0.761. The lowest BCUT2D eigenvalue weighted by Crippen LogP contribution is -2.31. The Morgan fingerprint density at radius 3 is 2.85 bits per heavy atom. The molecule has 0 saturated heterocycles. The maximum atomic E-state index is 4.96. The summed E-state index contributed by atoms with van der Waals surface area (Å²) in [6, 6.07) is 0.880. The summed E-state index contributed by atoms with van der Waals surface area (Å²) < 4.78 is 2.58. The molecule has 0 unspecified atom stereocenters. The van der Waals surface area contributed by atoms with E-state index in [9.17, 15) is 0 Å². The lowest BCUT2D eigenvalue weighted by atomic mass is 10.2. The fraction of sp³-hybridized carbons (Fsp3) is 0.812. The number of fused-ring (bicyclic) bond motifs is 1. The largest absolute Gasteiger partial charge is 0.330 e. The average Bonchev–Trinajstić information content (AvgIpc) is 3.37. The third-order valence-electron chi connectivity index (χ3n) is 5.04. The maximum Gasteiger partial charge on any atom is 0.112 e. The number of aromatic nitrogens is 2. The number of nitrogens with one attached hydrogen (secondary N) is 1. The van der Waals surface area contributed by atoms with Gasteiger partial charge in [0.2, 0.25) is 0 Å².